The van der Waals surface area contributed by atoms with E-state index in [9.17, 15) is 10.1 Å². The Morgan fingerprint density at radius 2 is 2.00 bits per heavy atom. The Morgan fingerprint density at radius 3 is 2.44 bits per heavy atom. The Hall–Kier alpha value is -1.46. The number of rotatable bonds is 5. The maximum Gasteiger partial charge on any atom is 0.281 e. The molecule has 0 aliphatic rings. The highest BCUT2D eigenvalue weighted by Gasteiger charge is 2.39. The van der Waals surface area contributed by atoms with E-state index in [0.717, 1.165) is 5.56 Å². The first-order valence-electron chi connectivity index (χ1n) is 5.21. The lowest BCUT2D eigenvalue weighted by Crippen LogP contribution is -2.60. The minimum Gasteiger partial charge on any atom is -0.318 e. The van der Waals surface area contributed by atoms with Gasteiger partial charge in [-0.05, 0) is 18.4 Å². The SMILES string of the molecule is CCC(N)(Cc1ccccc1)C(N)[N+](=O)[O-]. The van der Waals surface area contributed by atoms with E-state index >= 15 is 0 Å². The molecule has 0 spiro atoms. The molecule has 5 nitrogen and oxygen atoms in total. The quantitative estimate of drug-likeness (QED) is 0.440. The van der Waals surface area contributed by atoms with E-state index < -0.39 is 16.6 Å². The Balaban J connectivity index is 2.86. The third kappa shape index (κ3) is 2.77. The van der Waals surface area contributed by atoms with Gasteiger partial charge in [0.15, 0.2) is 0 Å². The number of hydrogen-bond donors (Lipinski definition) is 2. The van der Waals surface area contributed by atoms with Gasteiger partial charge in [-0.2, -0.15) is 0 Å². The van der Waals surface area contributed by atoms with Crippen molar-refractivity contribution in [2.24, 2.45) is 11.5 Å². The molecule has 16 heavy (non-hydrogen) atoms. The molecular weight excluding hydrogens is 206 g/mol. The van der Waals surface area contributed by atoms with E-state index in [4.69, 9.17) is 11.5 Å². The molecule has 0 amide bonds. The lowest BCUT2D eigenvalue weighted by atomic mass is 9.86. The monoisotopic (exact) mass is 223 g/mol. The van der Waals surface area contributed by atoms with Crippen LogP contribution >= 0.6 is 0 Å². The third-order valence-corrected chi connectivity index (χ3v) is 2.85. The molecule has 88 valence electrons. The zero-order chi connectivity index (χ0) is 12.2. The lowest BCUT2D eigenvalue weighted by Gasteiger charge is -2.28. The van der Waals surface area contributed by atoms with Gasteiger partial charge in [0, 0.05) is 4.92 Å². The van der Waals surface area contributed by atoms with Gasteiger partial charge in [0.2, 0.25) is 0 Å². The van der Waals surface area contributed by atoms with Crippen molar-refractivity contribution in [2.75, 3.05) is 0 Å². The molecule has 1 aromatic rings. The lowest BCUT2D eigenvalue weighted by molar-refractivity contribution is -0.532. The molecule has 1 aromatic carbocycles. The fourth-order valence-corrected chi connectivity index (χ4v) is 1.62. The molecule has 1 rings (SSSR count). The van der Waals surface area contributed by atoms with Gasteiger partial charge in [-0.1, -0.05) is 37.3 Å². The standard InChI is InChI=1S/C11H17N3O2/c1-2-11(13,10(12)14(15)16)8-9-6-4-3-5-7-9/h3-7,10H,2,8,12-13H2,1H3. The second-order valence-electron chi connectivity index (χ2n) is 3.98. The average Bonchev–Trinajstić information content (AvgIpc) is 2.29. The molecule has 5 heteroatoms. The molecular formula is C11H17N3O2. The highest BCUT2D eigenvalue weighted by atomic mass is 16.6. The second-order valence-corrected chi connectivity index (χ2v) is 3.98. The first-order valence-corrected chi connectivity index (χ1v) is 5.21. The molecule has 0 saturated carbocycles. The van der Waals surface area contributed by atoms with Crippen LogP contribution in [0.4, 0.5) is 0 Å². The molecule has 0 fully saturated rings. The summed E-state index contributed by atoms with van der Waals surface area (Å²) in [6.07, 6.45) is -0.367. The van der Waals surface area contributed by atoms with Crippen molar-refractivity contribution >= 4 is 0 Å². The number of nitrogens with zero attached hydrogens (tertiary/aromatic N) is 1. The summed E-state index contributed by atoms with van der Waals surface area (Å²) >= 11 is 0. The topological polar surface area (TPSA) is 95.2 Å². The van der Waals surface area contributed by atoms with Crippen LogP contribution in [0.15, 0.2) is 30.3 Å². The predicted octanol–water partition coefficient (Wildman–Crippen LogP) is 0.898. The molecule has 0 aromatic heterocycles. The first kappa shape index (κ1) is 12.6. The molecule has 0 aliphatic carbocycles. The maximum atomic E-state index is 10.7. The van der Waals surface area contributed by atoms with Crippen molar-refractivity contribution in [3.8, 4) is 0 Å². The van der Waals surface area contributed by atoms with E-state index in [-0.39, 0.29) is 0 Å². The van der Waals surface area contributed by atoms with Gasteiger partial charge in [0.1, 0.15) is 5.54 Å². The largest absolute Gasteiger partial charge is 0.318 e. The van der Waals surface area contributed by atoms with Crippen molar-refractivity contribution in [3.05, 3.63) is 46.0 Å². The Labute approximate surface area is 94.6 Å². The van der Waals surface area contributed by atoms with Gasteiger partial charge in [0.25, 0.3) is 6.17 Å². The number of benzene rings is 1. The summed E-state index contributed by atoms with van der Waals surface area (Å²) in [5.41, 5.74) is 11.5. The average molecular weight is 223 g/mol. The number of hydrogen-bond acceptors (Lipinski definition) is 4. The zero-order valence-electron chi connectivity index (χ0n) is 9.30. The summed E-state index contributed by atoms with van der Waals surface area (Å²) in [6.45, 7) is 1.81. The van der Waals surface area contributed by atoms with E-state index in [0.29, 0.717) is 12.8 Å². The number of nitro groups is 1. The van der Waals surface area contributed by atoms with Crippen LogP contribution < -0.4 is 11.5 Å². The molecule has 4 N–H and O–H groups in total. The summed E-state index contributed by atoms with van der Waals surface area (Å²) < 4.78 is 0. The summed E-state index contributed by atoms with van der Waals surface area (Å²) in [7, 11) is 0. The van der Waals surface area contributed by atoms with Crippen molar-refractivity contribution in [2.45, 2.75) is 31.5 Å². The summed E-state index contributed by atoms with van der Waals surface area (Å²) in [5.74, 6) is 0. The first-order chi connectivity index (χ1) is 7.49. The summed E-state index contributed by atoms with van der Waals surface area (Å²) in [4.78, 5) is 10.2. The highest BCUT2D eigenvalue weighted by molar-refractivity contribution is 5.18. The van der Waals surface area contributed by atoms with Gasteiger partial charge in [-0.25, -0.2) is 0 Å². The Bertz CT molecular complexity index is 356. The molecule has 0 heterocycles. The molecule has 0 saturated heterocycles. The van der Waals surface area contributed by atoms with Crippen LogP contribution in [0.3, 0.4) is 0 Å². The fourth-order valence-electron chi connectivity index (χ4n) is 1.62. The van der Waals surface area contributed by atoms with Gasteiger partial charge < -0.3 is 5.73 Å². The molecule has 2 atom stereocenters. The minimum absolute atomic E-state index is 0.409. The Kier molecular flexibility index (Phi) is 3.98. The van der Waals surface area contributed by atoms with Crippen molar-refractivity contribution in [1.29, 1.82) is 0 Å². The summed E-state index contributed by atoms with van der Waals surface area (Å²) in [6, 6.07) is 9.43. The molecule has 0 aliphatic heterocycles. The number of nitrogens with two attached hydrogens (primary N) is 2. The van der Waals surface area contributed by atoms with Crippen LogP contribution in [-0.2, 0) is 6.42 Å². The van der Waals surface area contributed by atoms with Crippen LogP contribution in [0, 0.1) is 10.1 Å². The summed E-state index contributed by atoms with van der Waals surface area (Å²) in [5, 5.41) is 10.7. The smallest absolute Gasteiger partial charge is 0.281 e. The normalized spacial score (nSPS) is 16.4. The second kappa shape index (κ2) is 5.05. The fraction of sp³-hybridized carbons (Fsp3) is 0.455. The van der Waals surface area contributed by atoms with Crippen molar-refractivity contribution in [3.63, 3.8) is 0 Å². The Morgan fingerprint density at radius 1 is 1.44 bits per heavy atom. The van der Waals surface area contributed by atoms with Gasteiger partial charge in [-0.15, -0.1) is 0 Å². The highest BCUT2D eigenvalue weighted by Crippen LogP contribution is 2.18. The molecule has 0 radical (unpaired) electrons. The van der Waals surface area contributed by atoms with E-state index in [1.54, 1.807) is 0 Å². The van der Waals surface area contributed by atoms with Crippen LogP contribution in [0.5, 0.6) is 0 Å². The van der Waals surface area contributed by atoms with E-state index in [1.807, 2.05) is 37.3 Å². The molecule has 2 unspecified atom stereocenters. The van der Waals surface area contributed by atoms with Gasteiger partial charge >= 0.3 is 0 Å². The maximum absolute atomic E-state index is 10.7. The minimum atomic E-state index is -1.24. The predicted molar refractivity (Wildman–Crippen MR) is 62.3 cm³/mol. The van der Waals surface area contributed by atoms with Crippen molar-refractivity contribution in [1.82, 2.24) is 0 Å². The zero-order valence-corrected chi connectivity index (χ0v) is 9.30. The van der Waals surface area contributed by atoms with E-state index in [1.165, 1.54) is 0 Å². The van der Waals surface area contributed by atoms with Crippen LogP contribution in [0.2, 0.25) is 0 Å². The van der Waals surface area contributed by atoms with Gasteiger partial charge in [-0.3, -0.25) is 15.8 Å². The molecule has 0 bridgehead atoms. The third-order valence-electron chi connectivity index (χ3n) is 2.85. The van der Waals surface area contributed by atoms with Crippen LogP contribution in [0.1, 0.15) is 18.9 Å². The van der Waals surface area contributed by atoms with Crippen molar-refractivity contribution < 1.29 is 4.92 Å². The van der Waals surface area contributed by atoms with E-state index in [2.05, 4.69) is 0 Å². The van der Waals surface area contributed by atoms with Crippen LogP contribution in [-0.4, -0.2) is 16.6 Å². The van der Waals surface area contributed by atoms with Gasteiger partial charge in [0.05, 0.1) is 0 Å². The van der Waals surface area contributed by atoms with Crippen LogP contribution in [0.25, 0.3) is 0 Å².